The molecule has 0 radical (unpaired) electrons. The molecule has 4 aromatic rings. The number of hydrogen-bond acceptors (Lipinski definition) is 6. The van der Waals surface area contributed by atoms with Gasteiger partial charge in [0.15, 0.2) is 11.6 Å². The van der Waals surface area contributed by atoms with Crippen molar-refractivity contribution in [1.82, 2.24) is 24.7 Å². The fourth-order valence-electron chi connectivity index (χ4n) is 3.19. The van der Waals surface area contributed by atoms with E-state index >= 15 is 0 Å². The number of aromatic nitrogens is 5. The SMILES string of the molecule is CCCC(N)c1ccnc(-c2ccc3cnn(-c4cccc(CO)n4)c3c2)n1. The van der Waals surface area contributed by atoms with Crippen LogP contribution in [-0.4, -0.2) is 29.8 Å². The zero-order chi connectivity index (χ0) is 19.5. The molecule has 1 unspecified atom stereocenters. The average Bonchev–Trinajstić information content (AvgIpc) is 3.17. The Kier molecular flexibility index (Phi) is 5.10. The van der Waals surface area contributed by atoms with E-state index in [0.29, 0.717) is 17.3 Å². The van der Waals surface area contributed by atoms with Crippen LogP contribution in [0.4, 0.5) is 0 Å². The highest BCUT2D eigenvalue weighted by Gasteiger charge is 2.12. The summed E-state index contributed by atoms with van der Waals surface area (Å²) in [5, 5.41) is 14.8. The topological polar surface area (TPSA) is 103 Å². The minimum absolute atomic E-state index is 0.0913. The lowest BCUT2D eigenvalue weighted by Crippen LogP contribution is -2.12. The molecule has 0 aliphatic heterocycles. The molecule has 0 aliphatic carbocycles. The lowest BCUT2D eigenvalue weighted by atomic mass is 10.1. The van der Waals surface area contributed by atoms with Gasteiger partial charge in [0.2, 0.25) is 0 Å². The van der Waals surface area contributed by atoms with Crippen LogP contribution in [0.3, 0.4) is 0 Å². The van der Waals surface area contributed by atoms with Gasteiger partial charge in [-0.3, -0.25) is 0 Å². The molecule has 3 aromatic heterocycles. The van der Waals surface area contributed by atoms with Crippen molar-refractivity contribution in [2.24, 2.45) is 5.73 Å². The largest absolute Gasteiger partial charge is 0.390 e. The summed E-state index contributed by atoms with van der Waals surface area (Å²) in [6.07, 6.45) is 5.43. The van der Waals surface area contributed by atoms with Crippen molar-refractivity contribution >= 4 is 10.9 Å². The number of hydrogen-bond donors (Lipinski definition) is 2. The molecular formula is C21H22N6O. The lowest BCUT2D eigenvalue weighted by molar-refractivity contribution is 0.276. The van der Waals surface area contributed by atoms with Gasteiger partial charge in [0, 0.05) is 23.2 Å². The summed E-state index contributed by atoms with van der Waals surface area (Å²) in [6, 6.07) is 13.2. The highest BCUT2D eigenvalue weighted by Crippen LogP contribution is 2.25. The number of pyridine rings is 1. The zero-order valence-electron chi connectivity index (χ0n) is 15.7. The number of nitrogens with zero attached hydrogens (tertiary/aromatic N) is 5. The summed E-state index contributed by atoms with van der Waals surface area (Å²) in [5.74, 6) is 1.29. The zero-order valence-corrected chi connectivity index (χ0v) is 15.7. The van der Waals surface area contributed by atoms with Crippen LogP contribution in [0.2, 0.25) is 0 Å². The molecule has 142 valence electrons. The Balaban J connectivity index is 1.77. The van der Waals surface area contributed by atoms with E-state index in [-0.39, 0.29) is 12.6 Å². The Hall–Kier alpha value is -3.16. The molecule has 0 saturated heterocycles. The van der Waals surface area contributed by atoms with E-state index in [2.05, 4.69) is 27.0 Å². The lowest BCUT2D eigenvalue weighted by Gasteiger charge is -2.11. The monoisotopic (exact) mass is 374 g/mol. The minimum atomic E-state index is -0.114. The van der Waals surface area contributed by atoms with Crippen molar-refractivity contribution in [2.75, 3.05) is 0 Å². The third-order valence-electron chi connectivity index (χ3n) is 4.66. The van der Waals surface area contributed by atoms with Crippen molar-refractivity contribution in [2.45, 2.75) is 32.4 Å². The van der Waals surface area contributed by atoms with Gasteiger partial charge >= 0.3 is 0 Å². The van der Waals surface area contributed by atoms with Gasteiger partial charge in [0.25, 0.3) is 0 Å². The van der Waals surface area contributed by atoms with Crippen molar-refractivity contribution in [1.29, 1.82) is 0 Å². The fraction of sp³-hybridized carbons (Fsp3) is 0.238. The van der Waals surface area contributed by atoms with Crippen LogP contribution >= 0.6 is 0 Å². The molecular weight excluding hydrogens is 352 g/mol. The normalized spacial score (nSPS) is 12.4. The van der Waals surface area contributed by atoms with Gasteiger partial charge in [-0.25, -0.2) is 19.6 Å². The average molecular weight is 374 g/mol. The maximum Gasteiger partial charge on any atom is 0.159 e. The molecule has 0 saturated carbocycles. The van der Waals surface area contributed by atoms with Crippen LogP contribution < -0.4 is 5.73 Å². The van der Waals surface area contributed by atoms with Crippen molar-refractivity contribution in [3.05, 3.63) is 66.2 Å². The molecule has 28 heavy (non-hydrogen) atoms. The summed E-state index contributed by atoms with van der Waals surface area (Å²) >= 11 is 0. The Morgan fingerprint density at radius 1 is 1.14 bits per heavy atom. The van der Waals surface area contributed by atoms with Gasteiger partial charge in [-0.2, -0.15) is 5.10 Å². The highest BCUT2D eigenvalue weighted by atomic mass is 16.3. The van der Waals surface area contributed by atoms with E-state index in [0.717, 1.165) is 35.0 Å². The van der Waals surface area contributed by atoms with Crippen LogP contribution in [0.5, 0.6) is 0 Å². The standard InChI is InChI=1S/C21H22N6O/c1-2-4-17(22)18-9-10-23-21(26-18)14-7-8-15-12-24-27(19(15)11-14)20-6-3-5-16(13-28)25-20/h3,5-12,17,28H,2,4,13,22H2,1H3. The predicted octanol–water partition coefficient (Wildman–Crippen LogP) is 3.17. The van der Waals surface area contributed by atoms with Crippen molar-refractivity contribution in [3.8, 4) is 17.2 Å². The summed E-state index contributed by atoms with van der Waals surface area (Å²) < 4.78 is 1.75. The third-order valence-corrected chi connectivity index (χ3v) is 4.66. The molecule has 7 heteroatoms. The Labute approximate surface area is 162 Å². The number of benzene rings is 1. The molecule has 3 heterocycles. The molecule has 1 aromatic carbocycles. The van der Waals surface area contributed by atoms with Crippen LogP contribution in [0, 0.1) is 0 Å². The smallest absolute Gasteiger partial charge is 0.159 e. The first-order valence-corrected chi connectivity index (χ1v) is 9.33. The van der Waals surface area contributed by atoms with Gasteiger partial charge in [-0.1, -0.05) is 31.5 Å². The third kappa shape index (κ3) is 3.49. The number of aliphatic hydroxyl groups excluding tert-OH is 1. The van der Waals surface area contributed by atoms with Gasteiger partial charge in [-0.15, -0.1) is 0 Å². The van der Waals surface area contributed by atoms with Crippen LogP contribution in [0.1, 0.15) is 37.2 Å². The van der Waals surface area contributed by atoms with Gasteiger partial charge in [0.1, 0.15) is 0 Å². The molecule has 0 fully saturated rings. The first-order valence-electron chi connectivity index (χ1n) is 9.33. The second kappa shape index (κ2) is 7.84. The molecule has 3 N–H and O–H groups in total. The van der Waals surface area contributed by atoms with E-state index in [1.165, 1.54) is 0 Å². The number of nitrogens with two attached hydrogens (primary N) is 1. The van der Waals surface area contributed by atoms with E-state index in [1.54, 1.807) is 23.1 Å². The van der Waals surface area contributed by atoms with Crippen molar-refractivity contribution < 1.29 is 5.11 Å². The number of aliphatic hydroxyl groups is 1. The van der Waals surface area contributed by atoms with E-state index in [1.807, 2.05) is 36.4 Å². The quantitative estimate of drug-likeness (QED) is 0.537. The number of fused-ring (bicyclic) bond motifs is 1. The summed E-state index contributed by atoms with van der Waals surface area (Å²) in [7, 11) is 0. The van der Waals surface area contributed by atoms with Gasteiger partial charge in [0.05, 0.1) is 29.7 Å². The van der Waals surface area contributed by atoms with Crippen LogP contribution in [0.15, 0.2) is 54.9 Å². The summed E-state index contributed by atoms with van der Waals surface area (Å²) in [5.41, 5.74) is 9.44. The first-order chi connectivity index (χ1) is 13.7. The molecule has 4 rings (SSSR count). The molecule has 0 amide bonds. The Bertz CT molecular complexity index is 1110. The Morgan fingerprint density at radius 2 is 2.04 bits per heavy atom. The van der Waals surface area contributed by atoms with Crippen molar-refractivity contribution in [3.63, 3.8) is 0 Å². The first kappa shape index (κ1) is 18.2. The molecule has 0 aliphatic rings. The van der Waals surface area contributed by atoms with Crippen LogP contribution in [-0.2, 0) is 6.61 Å². The maximum atomic E-state index is 9.36. The maximum absolute atomic E-state index is 9.36. The highest BCUT2D eigenvalue weighted by molar-refractivity contribution is 5.84. The van der Waals surface area contributed by atoms with Gasteiger partial charge < -0.3 is 10.8 Å². The van der Waals surface area contributed by atoms with E-state index in [9.17, 15) is 5.11 Å². The van der Waals surface area contributed by atoms with E-state index < -0.39 is 0 Å². The summed E-state index contributed by atoms with van der Waals surface area (Å²) in [4.78, 5) is 13.5. The fourth-order valence-corrected chi connectivity index (χ4v) is 3.19. The molecule has 7 nitrogen and oxygen atoms in total. The summed E-state index contributed by atoms with van der Waals surface area (Å²) in [6.45, 7) is 1.99. The van der Waals surface area contributed by atoms with E-state index in [4.69, 9.17) is 5.73 Å². The Morgan fingerprint density at radius 3 is 2.86 bits per heavy atom. The molecule has 0 spiro atoms. The second-order valence-electron chi connectivity index (χ2n) is 6.68. The van der Waals surface area contributed by atoms with Crippen LogP contribution in [0.25, 0.3) is 28.1 Å². The van der Waals surface area contributed by atoms with Gasteiger partial charge in [-0.05, 0) is 30.7 Å². The predicted molar refractivity (Wildman–Crippen MR) is 108 cm³/mol. The number of rotatable bonds is 6. The molecule has 1 atom stereocenters. The minimum Gasteiger partial charge on any atom is -0.390 e. The second-order valence-corrected chi connectivity index (χ2v) is 6.68. The molecule has 0 bridgehead atoms.